The quantitative estimate of drug-likeness (QED) is 0.654. The molecule has 1 heterocycles. The summed E-state index contributed by atoms with van der Waals surface area (Å²) in [7, 11) is 0. The molecule has 1 aromatic heterocycles. The molecule has 114 valence electrons. The largest absolute Gasteiger partial charge is 0.480 e. The number of aliphatic carboxylic acids is 1. The van der Waals surface area contributed by atoms with Gasteiger partial charge in [0.05, 0.1) is 11.0 Å². The Bertz CT molecular complexity index is 581. The molecule has 3 N–H and O–H groups in total. The van der Waals surface area contributed by atoms with Gasteiger partial charge in [-0.2, -0.15) is 0 Å². The highest BCUT2D eigenvalue weighted by Gasteiger charge is 2.31. The summed E-state index contributed by atoms with van der Waals surface area (Å²) in [5.41, 5.74) is 1.06. The first kappa shape index (κ1) is 15.9. The van der Waals surface area contributed by atoms with Gasteiger partial charge in [0.1, 0.15) is 5.54 Å². The Labute approximate surface area is 128 Å². The summed E-state index contributed by atoms with van der Waals surface area (Å²) in [6, 6.07) is 7.86. The van der Waals surface area contributed by atoms with E-state index in [0.717, 1.165) is 22.6 Å². The smallest absolute Gasteiger partial charge is 0.323 e. The van der Waals surface area contributed by atoms with Gasteiger partial charge in [0.25, 0.3) is 0 Å². The predicted octanol–water partition coefficient (Wildman–Crippen LogP) is 2.89. The van der Waals surface area contributed by atoms with Crippen molar-refractivity contribution in [2.75, 3.05) is 12.3 Å². The van der Waals surface area contributed by atoms with Crippen LogP contribution in [0.4, 0.5) is 0 Å². The molecule has 21 heavy (non-hydrogen) atoms. The zero-order valence-electron chi connectivity index (χ0n) is 12.3. The van der Waals surface area contributed by atoms with E-state index in [4.69, 9.17) is 0 Å². The molecule has 5 nitrogen and oxygen atoms in total. The molecule has 6 heteroatoms. The molecule has 0 aliphatic rings. The third-order valence-corrected chi connectivity index (χ3v) is 4.32. The number of nitrogens with zero attached hydrogens (tertiary/aromatic N) is 1. The summed E-state index contributed by atoms with van der Waals surface area (Å²) < 4.78 is 0. The summed E-state index contributed by atoms with van der Waals surface area (Å²) in [6.45, 7) is 4.47. The van der Waals surface area contributed by atoms with Crippen molar-refractivity contribution in [1.29, 1.82) is 0 Å². The molecule has 0 saturated carbocycles. The lowest BCUT2D eigenvalue weighted by molar-refractivity contribution is -0.144. The van der Waals surface area contributed by atoms with Gasteiger partial charge in [-0.25, -0.2) is 4.98 Å². The summed E-state index contributed by atoms with van der Waals surface area (Å²) in [5, 5.41) is 13.3. The van der Waals surface area contributed by atoms with Crippen LogP contribution in [0.2, 0.25) is 0 Å². The monoisotopic (exact) mass is 307 g/mol. The highest BCUT2D eigenvalue weighted by atomic mass is 32.2. The molecule has 1 atom stereocenters. The molecule has 2 rings (SSSR count). The fraction of sp³-hybridized carbons (Fsp3) is 0.467. The van der Waals surface area contributed by atoms with Gasteiger partial charge in [-0.3, -0.25) is 4.79 Å². The van der Waals surface area contributed by atoms with Crippen LogP contribution >= 0.6 is 11.8 Å². The number of thioether (sulfide) groups is 1. The van der Waals surface area contributed by atoms with E-state index in [-0.39, 0.29) is 0 Å². The molecular formula is C15H21N3O2S. The number of rotatable bonds is 8. The first-order chi connectivity index (χ1) is 10.0. The average Bonchev–Trinajstić information content (AvgIpc) is 2.87. The molecular weight excluding hydrogens is 286 g/mol. The number of imidazole rings is 1. The van der Waals surface area contributed by atoms with Gasteiger partial charge in [-0.05, 0) is 38.4 Å². The Morgan fingerprint density at radius 3 is 2.90 bits per heavy atom. The Balaban J connectivity index is 1.93. The average molecular weight is 307 g/mol. The lowest BCUT2D eigenvalue weighted by Gasteiger charge is -2.25. The van der Waals surface area contributed by atoms with Crippen LogP contribution in [-0.2, 0) is 4.79 Å². The van der Waals surface area contributed by atoms with Gasteiger partial charge in [0.15, 0.2) is 5.16 Å². The number of para-hydroxylation sites is 2. The first-order valence-electron chi connectivity index (χ1n) is 7.11. The number of benzene rings is 1. The molecule has 2 aromatic rings. The number of hydrogen-bond donors (Lipinski definition) is 3. The van der Waals surface area contributed by atoms with Gasteiger partial charge in [-0.1, -0.05) is 30.8 Å². The minimum Gasteiger partial charge on any atom is -0.480 e. The number of nitrogens with one attached hydrogen (secondary N) is 2. The highest BCUT2D eigenvalue weighted by molar-refractivity contribution is 7.99. The maximum absolute atomic E-state index is 11.4. The molecule has 0 saturated heterocycles. The SMILES string of the molecule is CCCNC(C)(CCSc1nc2ccccc2[nH]1)C(=O)O. The van der Waals surface area contributed by atoms with Crippen molar-refractivity contribution in [3.05, 3.63) is 24.3 Å². The summed E-state index contributed by atoms with van der Waals surface area (Å²) in [4.78, 5) is 19.1. The Hall–Kier alpha value is -1.53. The van der Waals surface area contributed by atoms with Gasteiger partial charge in [0, 0.05) is 5.75 Å². The van der Waals surface area contributed by atoms with Crippen LogP contribution in [0.3, 0.4) is 0 Å². The van der Waals surface area contributed by atoms with Crippen molar-refractivity contribution in [1.82, 2.24) is 15.3 Å². The number of fused-ring (bicyclic) bond motifs is 1. The Kier molecular flexibility index (Phi) is 5.25. The minimum atomic E-state index is -0.880. The zero-order valence-corrected chi connectivity index (χ0v) is 13.2. The number of hydrogen-bond acceptors (Lipinski definition) is 4. The van der Waals surface area contributed by atoms with Crippen LogP contribution < -0.4 is 5.32 Å². The second-order valence-electron chi connectivity index (χ2n) is 5.22. The number of H-pyrrole nitrogens is 1. The molecule has 0 bridgehead atoms. The van der Waals surface area contributed by atoms with Crippen molar-refractivity contribution >= 4 is 28.8 Å². The fourth-order valence-corrected chi connectivity index (χ4v) is 3.07. The molecule has 0 spiro atoms. The van der Waals surface area contributed by atoms with E-state index in [9.17, 15) is 9.90 Å². The molecule has 0 aliphatic carbocycles. The first-order valence-corrected chi connectivity index (χ1v) is 8.09. The van der Waals surface area contributed by atoms with Crippen LogP contribution in [0.5, 0.6) is 0 Å². The van der Waals surface area contributed by atoms with E-state index in [1.165, 1.54) is 0 Å². The maximum Gasteiger partial charge on any atom is 0.323 e. The minimum absolute atomic E-state index is 0.546. The van der Waals surface area contributed by atoms with Gasteiger partial charge in [-0.15, -0.1) is 0 Å². The number of carboxylic acid groups (broad SMARTS) is 1. The van der Waals surface area contributed by atoms with Crippen molar-refractivity contribution in [2.45, 2.75) is 37.4 Å². The zero-order chi connectivity index (χ0) is 15.3. The van der Waals surface area contributed by atoms with E-state index >= 15 is 0 Å². The van der Waals surface area contributed by atoms with Crippen LogP contribution in [0.1, 0.15) is 26.7 Å². The second kappa shape index (κ2) is 6.95. The van der Waals surface area contributed by atoms with E-state index in [1.807, 2.05) is 31.2 Å². The topological polar surface area (TPSA) is 78.0 Å². The lowest BCUT2D eigenvalue weighted by atomic mass is 9.99. The molecule has 0 aliphatic heterocycles. The third-order valence-electron chi connectivity index (χ3n) is 3.45. The Morgan fingerprint density at radius 1 is 1.48 bits per heavy atom. The second-order valence-corrected chi connectivity index (χ2v) is 6.31. The van der Waals surface area contributed by atoms with E-state index in [1.54, 1.807) is 18.7 Å². The van der Waals surface area contributed by atoms with Gasteiger partial charge >= 0.3 is 5.97 Å². The van der Waals surface area contributed by atoms with Gasteiger partial charge in [0.2, 0.25) is 0 Å². The summed E-state index contributed by atoms with van der Waals surface area (Å²) >= 11 is 1.55. The normalized spacial score (nSPS) is 14.2. The summed E-state index contributed by atoms with van der Waals surface area (Å²) in [5.74, 6) is -0.111. The fourth-order valence-electron chi connectivity index (χ4n) is 2.02. The molecule has 0 radical (unpaired) electrons. The lowest BCUT2D eigenvalue weighted by Crippen LogP contribution is -2.50. The number of carbonyl (C=O) groups is 1. The van der Waals surface area contributed by atoms with Crippen molar-refractivity contribution < 1.29 is 9.90 Å². The summed E-state index contributed by atoms with van der Waals surface area (Å²) in [6.07, 6.45) is 1.46. The van der Waals surface area contributed by atoms with E-state index in [2.05, 4.69) is 15.3 Å². The molecule has 1 unspecified atom stereocenters. The van der Waals surface area contributed by atoms with Crippen molar-refractivity contribution in [3.8, 4) is 0 Å². The van der Waals surface area contributed by atoms with E-state index < -0.39 is 11.5 Å². The van der Waals surface area contributed by atoms with Crippen molar-refractivity contribution in [2.24, 2.45) is 0 Å². The van der Waals surface area contributed by atoms with E-state index in [0.29, 0.717) is 18.7 Å². The maximum atomic E-state index is 11.4. The Morgan fingerprint density at radius 2 is 2.24 bits per heavy atom. The standard InChI is InChI=1S/C15H21N3O2S/c1-3-9-16-15(2,13(19)20)8-10-21-14-17-11-6-4-5-7-12(11)18-14/h4-7,16H,3,8-10H2,1-2H3,(H,17,18)(H,19,20). The van der Waals surface area contributed by atoms with Crippen LogP contribution in [0, 0.1) is 0 Å². The van der Waals surface area contributed by atoms with Crippen LogP contribution in [0.25, 0.3) is 11.0 Å². The number of aromatic nitrogens is 2. The van der Waals surface area contributed by atoms with Crippen LogP contribution in [-0.4, -0.2) is 38.9 Å². The third kappa shape index (κ3) is 3.98. The predicted molar refractivity (Wildman–Crippen MR) is 85.8 cm³/mol. The van der Waals surface area contributed by atoms with Crippen molar-refractivity contribution in [3.63, 3.8) is 0 Å². The van der Waals surface area contributed by atoms with Gasteiger partial charge < -0.3 is 15.4 Å². The molecule has 0 fully saturated rings. The number of aromatic amines is 1. The molecule has 1 aromatic carbocycles. The van der Waals surface area contributed by atoms with Crippen LogP contribution in [0.15, 0.2) is 29.4 Å². The highest BCUT2D eigenvalue weighted by Crippen LogP contribution is 2.22. The number of carboxylic acids is 1. The molecule has 0 amide bonds.